The van der Waals surface area contributed by atoms with Gasteiger partial charge in [-0.05, 0) is 84.4 Å². The van der Waals surface area contributed by atoms with Gasteiger partial charge in [0, 0.05) is 44.4 Å². The highest BCUT2D eigenvalue weighted by atomic mass is 16.6. The molecule has 0 fully saturated rings. The Bertz CT molecular complexity index is 1830. The molecule has 0 radical (unpaired) electrons. The summed E-state index contributed by atoms with van der Waals surface area (Å²) in [6.45, 7) is 11.3. The minimum Gasteiger partial charge on any atom is -0.445 e. The fourth-order valence-electron chi connectivity index (χ4n) is 6.13. The average Bonchev–Trinajstić information content (AvgIpc) is 3.17. The maximum atomic E-state index is 14.0. The second-order valence-corrected chi connectivity index (χ2v) is 16.7. The molecule has 0 aromatic heterocycles. The van der Waals surface area contributed by atoms with E-state index in [9.17, 15) is 28.8 Å². The minimum absolute atomic E-state index is 0.0181. The molecule has 0 aliphatic carbocycles. The Balaban J connectivity index is 1.86. The average molecular weight is 815 g/mol. The molecule has 6 amide bonds. The Morgan fingerprint density at radius 3 is 1.66 bits per heavy atom. The molecule has 14 heteroatoms. The number of alkyl carbamates (subject to hydrolysis) is 2. The first-order chi connectivity index (χ1) is 27.8. The molecule has 6 N–H and O–H groups in total. The van der Waals surface area contributed by atoms with E-state index in [2.05, 4.69) is 31.9 Å². The van der Waals surface area contributed by atoms with E-state index in [4.69, 9.17) is 9.47 Å². The van der Waals surface area contributed by atoms with Gasteiger partial charge >= 0.3 is 12.2 Å². The molecular weight excluding hydrogens is 753 g/mol. The molecule has 3 aromatic carbocycles. The van der Waals surface area contributed by atoms with Crippen LogP contribution in [0.15, 0.2) is 91.0 Å². The molecule has 3 rings (SSSR count). The smallest absolute Gasteiger partial charge is 0.408 e. The van der Waals surface area contributed by atoms with Crippen molar-refractivity contribution < 1.29 is 38.2 Å². The van der Waals surface area contributed by atoms with Gasteiger partial charge < -0.3 is 41.4 Å². The van der Waals surface area contributed by atoms with Crippen molar-refractivity contribution >= 4 is 35.8 Å². The van der Waals surface area contributed by atoms with E-state index in [1.165, 1.54) is 13.8 Å². The minimum atomic E-state index is -1.44. The number of ether oxygens (including phenoxy) is 2. The third-order valence-corrected chi connectivity index (χ3v) is 9.41. The zero-order valence-electron chi connectivity index (χ0n) is 35.6. The third kappa shape index (κ3) is 17.6. The van der Waals surface area contributed by atoms with Crippen molar-refractivity contribution in [2.75, 3.05) is 13.6 Å². The van der Waals surface area contributed by atoms with Crippen LogP contribution in [0.1, 0.15) is 84.4 Å². The Labute approximate surface area is 348 Å². The zero-order chi connectivity index (χ0) is 43.6. The summed E-state index contributed by atoms with van der Waals surface area (Å²) in [5, 5.41) is 16.9. The van der Waals surface area contributed by atoms with Crippen molar-refractivity contribution in [3.8, 4) is 0 Å². The van der Waals surface area contributed by atoms with Crippen molar-refractivity contribution in [1.29, 1.82) is 0 Å². The zero-order valence-corrected chi connectivity index (χ0v) is 35.6. The van der Waals surface area contributed by atoms with Crippen LogP contribution in [-0.4, -0.2) is 78.2 Å². The lowest BCUT2D eigenvalue weighted by Crippen LogP contribution is -2.60. The van der Waals surface area contributed by atoms with Gasteiger partial charge in [-0.1, -0.05) is 91.0 Å². The maximum absolute atomic E-state index is 14.0. The van der Waals surface area contributed by atoms with Gasteiger partial charge in [0.05, 0.1) is 0 Å². The molecule has 0 saturated heterocycles. The van der Waals surface area contributed by atoms with Crippen molar-refractivity contribution in [3.63, 3.8) is 0 Å². The molecule has 0 aliphatic heterocycles. The molecule has 0 aliphatic rings. The summed E-state index contributed by atoms with van der Waals surface area (Å²) >= 11 is 0. The van der Waals surface area contributed by atoms with Crippen molar-refractivity contribution in [1.82, 2.24) is 31.9 Å². The standard InChI is InChI=1S/C45H62N6O8/c1-43(2,3)59-42(57)51-45(6,7)40(55)49-36(27-32-20-14-10-15-21-32)34(29-47-41(56)58-30-33-22-16-11-17-23-33)28-38(53)50-44(4,5)39(54)48-35(24-25-37(52)46-8)26-31-18-12-9-13-19-31/h9-23,34-36H,24-30H2,1-8H3,(H,46,52)(H,47,56)(H,48,54)(H,49,55)(H,50,53)(H,51,57)/t34-,35-,36+/m1/s1. The van der Waals surface area contributed by atoms with Crippen LogP contribution in [0.4, 0.5) is 9.59 Å². The van der Waals surface area contributed by atoms with Crippen LogP contribution in [0.3, 0.4) is 0 Å². The molecule has 0 unspecified atom stereocenters. The number of carbonyl (C=O) groups is 6. The van der Waals surface area contributed by atoms with Crippen LogP contribution in [0.2, 0.25) is 0 Å². The number of carbonyl (C=O) groups excluding carboxylic acids is 6. The molecular formula is C45H62N6O8. The van der Waals surface area contributed by atoms with Gasteiger partial charge in [-0.2, -0.15) is 0 Å². The summed E-state index contributed by atoms with van der Waals surface area (Å²) in [5.74, 6) is -2.42. The van der Waals surface area contributed by atoms with Crippen LogP contribution in [0.5, 0.6) is 0 Å². The van der Waals surface area contributed by atoms with Gasteiger partial charge in [0.2, 0.25) is 23.6 Å². The lowest BCUT2D eigenvalue weighted by Gasteiger charge is -2.34. The Kier molecular flexibility index (Phi) is 17.9. The molecule has 3 atom stereocenters. The summed E-state index contributed by atoms with van der Waals surface area (Å²) in [6.07, 6.45) is -0.433. The second kappa shape index (κ2) is 22.3. The van der Waals surface area contributed by atoms with Crippen LogP contribution in [0.25, 0.3) is 0 Å². The van der Waals surface area contributed by atoms with Crippen LogP contribution < -0.4 is 31.9 Å². The lowest BCUT2D eigenvalue weighted by molar-refractivity contribution is -0.133. The largest absolute Gasteiger partial charge is 0.445 e. The summed E-state index contributed by atoms with van der Waals surface area (Å²) in [4.78, 5) is 79.6. The summed E-state index contributed by atoms with van der Waals surface area (Å²) < 4.78 is 10.9. The van der Waals surface area contributed by atoms with Crippen molar-refractivity contribution in [3.05, 3.63) is 108 Å². The first kappa shape index (κ1) is 47.5. The fourth-order valence-corrected chi connectivity index (χ4v) is 6.13. The quantitative estimate of drug-likeness (QED) is 0.0908. The molecule has 0 saturated carbocycles. The lowest BCUT2D eigenvalue weighted by atomic mass is 9.88. The Morgan fingerprint density at radius 1 is 0.610 bits per heavy atom. The van der Waals surface area contributed by atoms with E-state index in [0.29, 0.717) is 12.8 Å². The molecule has 14 nitrogen and oxygen atoms in total. The van der Waals surface area contributed by atoms with E-state index < -0.39 is 64.6 Å². The fraction of sp³-hybridized carbons (Fsp3) is 0.467. The molecule has 0 spiro atoms. The number of nitrogens with one attached hydrogen (secondary N) is 6. The number of benzene rings is 3. The Morgan fingerprint density at radius 2 is 1.12 bits per heavy atom. The highest BCUT2D eigenvalue weighted by Gasteiger charge is 2.37. The number of hydrogen-bond donors (Lipinski definition) is 6. The second-order valence-electron chi connectivity index (χ2n) is 16.7. The van der Waals surface area contributed by atoms with E-state index >= 15 is 0 Å². The van der Waals surface area contributed by atoms with Gasteiger partial charge in [-0.15, -0.1) is 0 Å². The highest BCUT2D eigenvalue weighted by Crippen LogP contribution is 2.19. The van der Waals surface area contributed by atoms with Crippen molar-refractivity contribution in [2.45, 2.75) is 116 Å². The predicted molar refractivity (Wildman–Crippen MR) is 226 cm³/mol. The number of rotatable bonds is 20. The molecule has 3 aromatic rings. The number of hydrogen-bond acceptors (Lipinski definition) is 8. The number of amides is 6. The van der Waals surface area contributed by atoms with E-state index in [0.717, 1.165) is 16.7 Å². The molecule has 0 heterocycles. The van der Waals surface area contributed by atoms with E-state index in [1.54, 1.807) is 41.7 Å². The molecule has 59 heavy (non-hydrogen) atoms. The van der Waals surface area contributed by atoms with Gasteiger partial charge in [-0.25, -0.2) is 9.59 Å². The maximum Gasteiger partial charge on any atom is 0.408 e. The predicted octanol–water partition coefficient (Wildman–Crippen LogP) is 5.10. The highest BCUT2D eigenvalue weighted by molar-refractivity contribution is 5.91. The van der Waals surface area contributed by atoms with Crippen molar-refractivity contribution in [2.24, 2.45) is 5.92 Å². The third-order valence-electron chi connectivity index (χ3n) is 9.41. The first-order valence-electron chi connectivity index (χ1n) is 19.9. The van der Waals surface area contributed by atoms with Crippen LogP contribution in [0, 0.1) is 5.92 Å². The van der Waals surface area contributed by atoms with Gasteiger partial charge in [0.1, 0.15) is 23.3 Å². The molecule has 0 bridgehead atoms. The van der Waals surface area contributed by atoms with Crippen LogP contribution in [-0.2, 0) is 48.1 Å². The monoisotopic (exact) mass is 814 g/mol. The summed E-state index contributed by atoms with van der Waals surface area (Å²) in [5.41, 5.74) is -1.04. The first-order valence-corrected chi connectivity index (χ1v) is 19.9. The normalized spacial score (nSPS) is 13.1. The molecule has 320 valence electrons. The van der Waals surface area contributed by atoms with Gasteiger partial charge in [-0.3, -0.25) is 19.2 Å². The SMILES string of the molecule is CNC(=O)CC[C@H](Cc1ccccc1)NC(=O)C(C)(C)NC(=O)C[C@H](CNC(=O)OCc1ccccc1)[C@H](Cc1ccccc1)NC(=O)C(C)(C)NC(=O)OC(C)(C)C. The van der Waals surface area contributed by atoms with Crippen LogP contribution >= 0.6 is 0 Å². The Hall–Kier alpha value is -5.92. The van der Waals surface area contributed by atoms with Gasteiger partial charge in [0.15, 0.2) is 0 Å². The summed E-state index contributed by atoms with van der Waals surface area (Å²) in [7, 11) is 1.56. The summed E-state index contributed by atoms with van der Waals surface area (Å²) in [6, 6.07) is 26.9. The van der Waals surface area contributed by atoms with Gasteiger partial charge in [0.25, 0.3) is 0 Å². The topological polar surface area (TPSA) is 193 Å². The van der Waals surface area contributed by atoms with E-state index in [1.807, 2.05) is 91.0 Å². The van der Waals surface area contributed by atoms with E-state index in [-0.39, 0.29) is 38.3 Å².